The zero-order chi connectivity index (χ0) is 32.5. The summed E-state index contributed by atoms with van der Waals surface area (Å²) in [7, 11) is 1.36. The van der Waals surface area contributed by atoms with Crippen LogP contribution in [0.3, 0.4) is 0 Å². The minimum atomic E-state index is -1.24. The SMILES string of the molecule is CO[C@H]1OC[C@@H](S[C@@H]2OC[C@@H](OC(C)=O)[C@H](OC(C)=O)[C@H]2OC(C)=O)[C@H](OC(=O)c2ccccc2)[C@H]1OC(=O)c1ccccc1. The van der Waals surface area contributed by atoms with Crippen molar-refractivity contribution in [2.45, 2.75) is 68.3 Å². The molecule has 2 aliphatic rings. The molecule has 0 radical (unpaired) electrons. The van der Waals surface area contributed by atoms with Gasteiger partial charge in [0.05, 0.1) is 29.6 Å². The van der Waals surface area contributed by atoms with E-state index in [-0.39, 0.29) is 24.3 Å². The van der Waals surface area contributed by atoms with Gasteiger partial charge in [0.25, 0.3) is 0 Å². The van der Waals surface area contributed by atoms with Crippen molar-refractivity contribution >= 4 is 41.6 Å². The van der Waals surface area contributed by atoms with Gasteiger partial charge in [0.2, 0.25) is 0 Å². The van der Waals surface area contributed by atoms with Crippen LogP contribution in [0.5, 0.6) is 0 Å². The molecule has 0 aromatic heterocycles. The second-order valence-electron chi connectivity index (χ2n) is 10.1. The Labute approximate surface area is 263 Å². The van der Waals surface area contributed by atoms with E-state index in [1.807, 2.05) is 0 Å². The van der Waals surface area contributed by atoms with E-state index < -0.39 is 77.3 Å². The molecule has 2 aromatic carbocycles. The summed E-state index contributed by atoms with van der Waals surface area (Å²) in [6.45, 7) is 3.23. The molecule has 2 heterocycles. The topological polar surface area (TPSA) is 159 Å². The smallest absolute Gasteiger partial charge is 0.338 e. The number of carbonyl (C=O) groups excluding carboxylic acids is 5. The van der Waals surface area contributed by atoms with Crippen LogP contribution in [0.2, 0.25) is 0 Å². The molecule has 0 spiro atoms. The van der Waals surface area contributed by atoms with E-state index in [0.29, 0.717) is 0 Å². The number of benzene rings is 2. The third-order valence-electron chi connectivity index (χ3n) is 6.73. The Bertz CT molecular complexity index is 1340. The number of thioether (sulfide) groups is 1. The van der Waals surface area contributed by atoms with Crippen LogP contribution in [0.25, 0.3) is 0 Å². The van der Waals surface area contributed by atoms with Crippen molar-refractivity contribution in [3.05, 3.63) is 71.8 Å². The molecule has 0 N–H and O–H groups in total. The van der Waals surface area contributed by atoms with Crippen molar-refractivity contribution in [1.82, 2.24) is 0 Å². The number of hydrogen-bond donors (Lipinski definition) is 0. The number of carbonyl (C=O) groups is 5. The molecule has 8 atom stereocenters. The summed E-state index contributed by atoms with van der Waals surface area (Å²) in [5.41, 5.74) is -0.525. The van der Waals surface area contributed by atoms with Crippen molar-refractivity contribution in [3.63, 3.8) is 0 Å². The molecule has 0 bridgehead atoms. The number of ether oxygens (including phenoxy) is 8. The Kier molecular flexibility index (Phi) is 11.9. The third-order valence-corrected chi connectivity index (χ3v) is 8.16. The Morgan fingerprint density at radius 1 is 0.622 bits per heavy atom. The average molecular weight is 647 g/mol. The van der Waals surface area contributed by atoms with Gasteiger partial charge in [-0.15, -0.1) is 11.8 Å². The fourth-order valence-corrected chi connectivity index (χ4v) is 6.25. The first-order chi connectivity index (χ1) is 21.6. The zero-order valence-corrected chi connectivity index (χ0v) is 25.8. The maximum absolute atomic E-state index is 13.3. The number of hydrogen-bond acceptors (Lipinski definition) is 14. The van der Waals surface area contributed by atoms with E-state index in [9.17, 15) is 24.0 Å². The van der Waals surface area contributed by atoms with E-state index >= 15 is 0 Å². The fourth-order valence-electron chi connectivity index (χ4n) is 4.86. The molecule has 0 saturated carbocycles. The fraction of sp³-hybridized carbons (Fsp3) is 0.452. The van der Waals surface area contributed by atoms with E-state index in [1.54, 1.807) is 60.7 Å². The normalized spacial score (nSPS) is 27.8. The van der Waals surface area contributed by atoms with Gasteiger partial charge in [-0.1, -0.05) is 36.4 Å². The summed E-state index contributed by atoms with van der Waals surface area (Å²) in [6.07, 6.45) is -7.04. The van der Waals surface area contributed by atoms with Crippen LogP contribution < -0.4 is 0 Å². The highest BCUT2D eigenvalue weighted by Gasteiger charge is 2.52. The van der Waals surface area contributed by atoms with E-state index in [0.717, 1.165) is 18.7 Å². The first-order valence-electron chi connectivity index (χ1n) is 14.0. The molecule has 242 valence electrons. The lowest BCUT2D eigenvalue weighted by Gasteiger charge is -2.44. The molecular formula is C31H34O13S. The summed E-state index contributed by atoms with van der Waals surface area (Å²) in [5.74, 6) is -3.47. The van der Waals surface area contributed by atoms with Crippen LogP contribution in [0.15, 0.2) is 60.7 Å². The lowest BCUT2D eigenvalue weighted by Crippen LogP contribution is -2.59. The zero-order valence-electron chi connectivity index (χ0n) is 25.0. The van der Waals surface area contributed by atoms with E-state index in [4.69, 9.17) is 37.9 Å². The van der Waals surface area contributed by atoms with Crippen LogP contribution >= 0.6 is 11.8 Å². The number of esters is 5. The van der Waals surface area contributed by atoms with Gasteiger partial charge in [-0.25, -0.2) is 9.59 Å². The summed E-state index contributed by atoms with van der Waals surface area (Å²) in [4.78, 5) is 62.4. The summed E-state index contributed by atoms with van der Waals surface area (Å²) in [5, 5.41) is -0.788. The molecule has 2 fully saturated rings. The van der Waals surface area contributed by atoms with Gasteiger partial charge < -0.3 is 37.9 Å². The van der Waals surface area contributed by atoms with Gasteiger partial charge in [0, 0.05) is 27.9 Å². The molecule has 4 rings (SSSR count). The van der Waals surface area contributed by atoms with Crippen LogP contribution in [0, 0.1) is 0 Å². The van der Waals surface area contributed by atoms with Gasteiger partial charge in [0.15, 0.2) is 36.8 Å². The Hall–Kier alpha value is -3.98. The van der Waals surface area contributed by atoms with Crippen molar-refractivity contribution in [2.75, 3.05) is 20.3 Å². The van der Waals surface area contributed by atoms with Crippen molar-refractivity contribution in [1.29, 1.82) is 0 Å². The molecule has 2 aliphatic heterocycles. The standard InChI is InChI=1S/C31H34O13S/c1-17(32)40-22-15-39-31(27(42-19(3)34)24(22)41-18(2)33)45-23-16-38-30(37-4)26(44-29(36)21-13-9-6-10-14-21)25(23)43-28(35)20-11-7-5-8-12-20/h5-14,22-27,30-31H,15-16H2,1-4H3/t22-,23-,24+,25+,26-,27-,30+,31+/m1/s1. The Morgan fingerprint density at radius 3 is 1.64 bits per heavy atom. The van der Waals surface area contributed by atoms with Gasteiger partial charge in [-0.05, 0) is 24.3 Å². The first-order valence-corrected chi connectivity index (χ1v) is 15.0. The van der Waals surface area contributed by atoms with Crippen LogP contribution in [-0.2, 0) is 52.3 Å². The van der Waals surface area contributed by atoms with Crippen LogP contribution in [0.4, 0.5) is 0 Å². The molecule has 2 saturated heterocycles. The molecule has 0 aliphatic carbocycles. The molecule has 0 amide bonds. The summed E-state index contributed by atoms with van der Waals surface area (Å²) in [6, 6.07) is 16.5. The van der Waals surface area contributed by atoms with E-state index in [2.05, 4.69) is 0 Å². The molecule has 13 nitrogen and oxygen atoms in total. The molecule has 14 heteroatoms. The highest BCUT2D eigenvalue weighted by Crippen LogP contribution is 2.38. The van der Waals surface area contributed by atoms with Gasteiger partial charge >= 0.3 is 29.8 Å². The van der Waals surface area contributed by atoms with Crippen LogP contribution in [0.1, 0.15) is 41.5 Å². The Balaban J connectivity index is 1.66. The summed E-state index contributed by atoms with van der Waals surface area (Å²) >= 11 is 1.05. The Morgan fingerprint density at radius 2 is 1.13 bits per heavy atom. The monoisotopic (exact) mass is 646 g/mol. The molecule has 2 aromatic rings. The maximum atomic E-state index is 13.3. The van der Waals surface area contributed by atoms with Gasteiger partial charge in [-0.3, -0.25) is 14.4 Å². The number of rotatable bonds is 10. The predicted molar refractivity (Wildman–Crippen MR) is 156 cm³/mol. The first kappa shape index (κ1) is 33.9. The third kappa shape index (κ3) is 9.03. The highest BCUT2D eigenvalue weighted by atomic mass is 32.2. The van der Waals surface area contributed by atoms with E-state index in [1.165, 1.54) is 21.0 Å². The molecule has 45 heavy (non-hydrogen) atoms. The van der Waals surface area contributed by atoms with Gasteiger partial charge in [0.1, 0.15) is 5.44 Å². The number of methoxy groups -OCH3 is 1. The highest BCUT2D eigenvalue weighted by molar-refractivity contribution is 8.00. The minimum Gasteiger partial charge on any atom is -0.456 e. The second-order valence-corrected chi connectivity index (χ2v) is 11.4. The molecule has 0 unspecified atom stereocenters. The van der Waals surface area contributed by atoms with Crippen molar-refractivity contribution < 1.29 is 61.9 Å². The van der Waals surface area contributed by atoms with Gasteiger partial charge in [-0.2, -0.15) is 0 Å². The summed E-state index contributed by atoms with van der Waals surface area (Å²) < 4.78 is 45.5. The minimum absolute atomic E-state index is 0.0758. The maximum Gasteiger partial charge on any atom is 0.338 e. The largest absolute Gasteiger partial charge is 0.456 e. The lowest BCUT2D eigenvalue weighted by atomic mass is 10.1. The van der Waals surface area contributed by atoms with Crippen LogP contribution in [-0.4, -0.2) is 97.7 Å². The van der Waals surface area contributed by atoms with Crippen molar-refractivity contribution in [3.8, 4) is 0 Å². The predicted octanol–water partition coefficient (Wildman–Crippen LogP) is 2.69. The second kappa shape index (κ2) is 15.8. The average Bonchev–Trinajstić information content (AvgIpc) is 3.01. The lowest BCUT2D eigenvalue weighted by molar-refractivity contribution is -0.230. The molecular weight excluding hydrogens is 612 g/mol. The quantitative estimate of drug-likeness (QED) is 0.274. The van der Waals surface area contributed by atoms with Crippen molar-refractivity contribution in [2.24, 2.45) is 0 Å².